The van der Waals surface area contributed by atoms with Gasteiger partial charge in [-0.1, -0.05) is 60.7 Å². The molecule has 4 aromatic carbocycles. The van der Waals surface area contributed by atoms with Crippen LogP contribution in [0.2, 0.25) is 0 Å². The fourth-order valence-electron chi connectivity index (χ4n) is 6.74. The molecule has 1 saturated heterocycles. The molecular weight excluding hydrogens is 525 g/mol. The number of benzene rings is 4. The van der Waals surface area contributed by atoms with Gasteiger partial charge >= 0.3 is 0 Å². The smallest absolute Gasteiger partial charge is 0.269 e. The first-order valence-electron chi connectivity index (χ1n) is 13.0. The molecule has 2 heterocycles. The van der Waals surface area contributed by atoms with Gasteiger partial charge in [0.2, 0.25) is 0 Å². The number of carbonyl (C=O) groups is 3. The van der Waals surface area contributed by atoms with Crippen LogP contribution in [-0.4, -0.2) is 39.5 Å². The van der Waals surface area contributed by atoms with Gasteiger partial charge in [0.05, 0.1) is 17.2 Å². The number of rotatable bonds is 4. The molecule has 0 N–H and O–H groups in total. The number of non-ortho nitro benzene ring substituents is 1. The second-order valence-corrected chi connectivity index (χ2v) is 10.4. The summed E-state index contributed by atoms with van der Waals surface area (Å²) < 4.78 is 13.8. The number of nitrogens with zero attached hydrogens (tertiary/aromatic N) is 3. The zero-order valence-electron chi connectivity index (χ0n) is 21.3. The van der Waals surface area contributed by atoms with Crippen molar-refractivity contribution in [1.29, 1.82) is 0 Å². The van der Waals surface area contributed by atoms with E-state index in [4.69, 9.17) is 0 Å². The lowest BCUT2D eigenvalue weighted by Gasteiger charge is -2.36. The molecule has 0 radical (unpaired) electrons. The van der Waals surface area contributed by atoms with E-state index in [2.05, 4.69) is 5.10 Å². The molecule has 1 aliphatic carbocycles. The predicted molar refractivity (Wildman–Crippen MR) is 147 cm³/mol. The summed E-state index contributed by atoms with van der Waals surface area (Å²) in [5, 5.41) is 17.6. The molecule has 200 valence electrons. The second-order valence-electron chi connectivity index (χ2n) is 10.4. The minimum atomic E-state index is -1.80. The number of hydrogen-bond donors (Lipinski definition) is 0. The molecule has 4 aromatic rings. The van der Waals surface area contributed by atoms with Gasteiger partial charge in [-0.15, -0.1) is 0 Å². The summed E-state index contributed by atoms with van der Waals surface area (Å²) in [6.45, 7) is 0. The molecule has 0 saturated carbocycles. The van der Waals surface area contributed by atoms with Crippen molar-refractivity contribution in [3.63, 3.8) is 0 Å². The van der Waals surface area contributed by atoms with Crippen LogP contribution >= 0.6 is 0 Å². The summed E-state index contributed by atoms with van der Waals surface area (Å²) in [6.07, 6.45) is 1.60. The highest BCUT2D eigenvalue weighted by Gasteiger charge is 2.72. The average Bonchev–Trinajstić information content (AvgIpc) is 3.43. The molecule has 0 aromatic heterocycles. The molecule has 3 aliphatic rings. The Balaban J connectivity index is 1.54. The van der Waals surface area contributed by atoms with E-state index in [0.717, 1.165) is 0 Å². The Morgan fingerprint density at radius 3 is 2.10 bits per heavy atom. The van der Waals surface area contributed by atoms with Crippen molar-refractivity contribution in [2.75, 3.05) is 0 Å². The van der Waals surface area contributed by atoms with Crippen LogP contribution in [0.4, 0.5) is 10.1 Å². The maximum Gasteiger partial charge on any atom is 0.269 e. The zero-order chi connectivity index (χ0) is 28.5. The van der Waals surface area contributed by atoms with Crippen LogP contribution in [0, 0.1) is 21.3 Å². The molecule has 1 spiro atoms. The summed E-state index contributed by atoms with van der Waals surface area (Å²) in [7, 11) is 0. The molecule has 1 fully saturated rings. The number of nitro groups is 1. The van der Waals surface area contributed by atoms with Gasteiger partial charge in [-0.2, -0.15) is 5.10 Å². The van der Waals surface area contributed by atoms with Gasteiger partial charge in [-0.25, -0.2) is 4.39 Å². The number of hydrazone groups is 1. The highest BCUT2D eigenvalue weighted by molar-refractivity contribution is 6.31. The van der Waals surface area contributed by atoms with Crippen LogP contribution in [-0.2, 0) is 0 Å². The van der Waals surface area contributed by atoms with Crippen LogP contribution in [0.25, 0.3) is 0 Å². The number of fused-ring (bicyclic) bond motifs is 5. The van der Waals surface area contributed by atoms with E-state index in [1.165, 1.54) is 53.5 Å². The van der Waals surface area contributed by atoms with E-state index in [9.17, 15) is 28.9 Å². The van der Waals surface area contributed by atoms with Crippen molar-refractivity contribution in [3.8, 4) is 0 Å². The summed E-state index contributed by atoms with van der Waals surface area (Å²) in [5.74, 6) is -2.91. The third-order valence-electron chi connectivity index (χ3n) is 8.44. The van der Waals surface area contributed by atoms with Gasteiger partial charge < -0.3 is 0 Å². The number of halogens is 1. The Morgan fingerprint density at radius 2 is 1.46 bits per heavy atom. The molecule has 3 atom stereocenters. The van der Waals surface area contributed by atoms with E-state index >= 15 is 0 Å². The van der Waals surface area contributed by atoms with Gasteiger partial charge in [-0.3, -0.25) is 29.5 Å². The van der Waals surface area contributed by atoms with Gasteiger partial charge in [0.15, 0.2) is 17.3 Å². The Bertz CT molecular complexity index is 1780. The normalized spacial score (nSPS) is 21.5. The van der Waals surface area contributed by atoms with Crippen molar-refractivity contribution in [3.05, 3.63) is 146 Å². The van der Waals surface area contributed by atoms with Gasteiger partial charge in [0, 0.05) is 34.7 Å². The highest BCUT2D eigenvalue weighted by Crippen LogP contribution is 2.64. The predicted octanol–water partition coefficient (Wildman–Crippen LogP) is 5.54. The summed E-state index contributed by atoms with van der Waals surface area (Å²) in [4.78, 5) is 54.5. The maximum atomic E-state index is 14.6. The van der Waals surface area contributed by atoms with Crippen molar-refractivity contribution >= 4 is 29.3 Å². The summed E-state index contributed by atoms with van der Waals surface area (Å²) in [5.41, 5.74) is 0.512. The number of carbonyl (C=O) groups excluding carboxylic acids is 3. The Kier molecular flexibility index (Phi) is 5.34. The number of hydrogen-bond acceptors (Lipinski definition) is 7. The standard InChI is InChI=1S/C32H20FN3O5/c33-21-13-9-19(10-14-21)28(37)27-26(18-11-15-22(16-12-18)36(40)41)32(30(38)24-7-3-4-8-25(24)31(32)39)29-23-6-2-1-5-20(23)17-34-35(27)29/h1-17,26-27,29H/t26-,27-,29+/m1/s1. The SMILES string of the molecule is O=C(c1ccc(F)cc1)[C@H]1[C@@H](c2ccc([N+](=O)[O-])cc2)C2(C(=O)c3ccccc3C2=O)[C@@H]2c3ccccc3C=NN21. The second kappa shape index (κ2) is 8.85. The topological polar surface area (TPSA) is 110 Å². The lowest BCUT2D eigenvalue weighted by molar-refractivity contribution is -0.384. The fourth-order valence-corrected chi connectivity index (χ4v) is 6.74. The van der Waals surface area contributed by atoms with Crippen LogP contribution in [0.5, 0.6) is 0 Å². The van der Waals surface area contributed by atoms with Gasteiger partial charge in [0.1, 0.15) is 17.3 Å². The highest BCUT2D eigenvalue weighted by atomic mass is 19.1. The molecule has 0 unspecified atom stereocenters. The number of nitro benzene ring substituents is 1. The van der Waals surface area contributed by atoms with Crippen LogP contribution in [0.1, 0.15) is 59.7 Å². The molecule has 9 heteroatoms. The van der Waals surface area contributed by atoms with Crippen LogP contribution in [0.3, 0.4) is 0 Å². The van der Waals surface area contributed by atoms with Gasteiger partial charge in [-0.05, 0) is 41.0 Å². The van der Waals surface area contributed by atoms with E-state index in [0.29, 0.717) is 16.7 Å². The quantitative estimate of drug-likeness (QED) is 0.144. The Hall–Kier alpha value is -5.31. The summed E-state index contributed by atoms with van der Waals surface area (Å²) in [6, 6.07) is 22.4. The third kappa shape index (κ3) is 3.32. The first-order valence-corrected chi connectivity index (χ1v) is 13.0. The monoisotopic (exact) mass is 545 g/mol. The lowest BCUT2D eigenvalue weighted by atomic mass is 9.63. The molecule has 0 amide bonds. The van der Waals surface area contributed by atoms with Crippen molar-refractivity contribution in [2.24, 2.45) is 10.5 Å². The van der Waals surface area contributed by atoms with Crippen molar-refractivity contribution in [2.45, 2.75) is 18.0 Å². The lowest BCUT2D eigenvalue weighted by Crippen LogP contribution is -2.43. The van der Waals surface area contributed by atoms with Crippen LogP contribution in [0.15, 0.2) is 102 Å². The van der Waals surface area contributed by atoms with E-state index < -0.39 is 51.5 Å². The Morgan fingerprint density at radius 1 is 0.854 bits per heavy atom. The zero-order valence-corrected chi connectivity index (χ0v) is 21.3. The van der Waals surface area contributed by atoms with E-state index in [-0.39, 0.29) is 22.4 Å². The summed E-state index contributed by atoms with van der Waals surface area (Å²) >= 11 is 0. The molecule has 7 rings (SSSR count). The molecule has 0 bridgehead atoms. The minimum Gasteiger partial charge on any atom is -0.293 e. The first kappa shape index (κ1) is 24.7. The van der Waals surface area contributed by atoms with Gasteiger partial charge in [0.25, 0.3) is 5.69 Å². The molecule has 41 heavy (non-hydrogen) atoms. The number of ketones is 3. The van der Waals surface area contributed by atoms with Crippen LogP contribution < -0.4 is 0 Å². The number of Topliss-reactive ketones (excluding diaryl/α,β-unsaturated/α-hetero) is 3. The minimum absolute atomic E-state index is 0.171. The molecule has 8 nitrogen and oxygen atoms in total. The van der Waals surface area contributed by atoms with E-state index in [1.54, 1.807) is 36.5 Å². The largest absolute Gasteiger partial charge is 0.293 e. The van der Waals surface area contributed by atoms with Crippen molar-refractivity contribution < 1.29 is 23.7 Å². The molecular formula is C32H20FN3O5. The Labute approximate surface area is 232 Å². The fraction of sp³-hybridized carbons (Fsp3) is 0.125. The van der Waals surface area contributed by atoms with Crippen molar-refractivity contribution in [1.82, 2.24) is 5.01 Å². The first-order chi connectivity index (χ1) is 19.8. The average molecular weight is 546 g/mol. The third-order valence-corrected chi connectivity index (χ3v) is 8.44. The maximum absolute atomic E-state index is 14.6. The molecule has 2 aliphatic heterocycles. The van der Waals surface area contributed by atoms with E-state index in [1.807, 2.05) is 18.2 Å².